The van der Waals surface area contributed by atoms with E-state index < -0.39 is 9.84 Å². The molecule has 3 atom stereocenters. The summed E-state index contributed by atoms with van der Waals surface area (Å²) in [5, 5.41) is 3.11. The first kappa shape index (κ1) is 13.4. The van der Waals surface area contributed by atoms with Crippen LogP contribution in [0, 0.1) is 5.92 Å². The van der Waals surface area contributed by atoms with E-state index in [-0.39, 0.29) is 29.4 Å². The average Bonchev–Trinajstić information content (AvgIpc) is 2.94. The van der Waals surface area contributed by atoms with Gasteiger partial charge in [0.05, 0.1) is 17.4 Å². The lowest BCUT2D eigenvalue weighted by Crippen LogP contribution is -2.48. The van der Waals surface area contributed by atoms with Crippen molar-refractivity contribution in [1.29, 1.82) is 0 Å². The van der Waals surface area contributed by atoms with E-state index in [1.807, 2.05) is 0 Å². The normalized spacial score (nSPS) is 38.0. The van der Waals surface area contributed by atoms with E-state index >= 15 is 0 Å². The number of sulfone groups is 1. The lowest BCUT2D eigenvalue weighted by atomic mass is 9.98. The van der Waals surface area contributed by atoms with Gasteiger partial charge in [-0.1, -0.05) is 6.42 Å². The van der Waals surface area contributed by atoms with Crippen molar-refractivity contribution in [2.75, 3.05) is 24.6 Å². The summed E-state index contributed by atoms with van der Waals surface area (Å²) < 4.78 is 22.8. The first-order chi connectivity index (χ1) is 9.05. The van der Waals surface area contributed by atoms with Gasteiger partial charge in [0.2, 0.25) is 5.91 Å². The molecule has 3 rings (SSSR count). The fourth-order valence-electron chi connectivity index (χ4n) is 3.72. The van der Waals surface area contributed by atoms with Gasteiger partial charge in [-0.2, -0.15) is 0 Å². The van der Waals surface area contributed by atoms with Crippen molar-refractivity contribution in [3.63, 3.8) is 0 Å². The Morgan fingerprint density at radius 3 is 2.68 bits per heavy atom. The lowest BCUT2D eigenvalue weighted by Gasteiger charge is -2.32. The van der Waals surface area contributed by atoms with Crippen LogP contribution < -0.4 is 5.32 Å². The molecule has 0 aliphatic carbocycles. The lowest BCUT2D eigenvalue weighted by molar-refractivity contribution is -0.125. The molecule has 3 fully saturated rings. The van der Waals surface area contributed by atoms with Gasteiger partial charge in [-0.15, -0.1) is 0 Å². The summed E-state index contributed by atoms with van der Waals surface area (Å²) in [5.74, 6) is -0.147. The van der Waals surface area contributed by atoms with Crippen LogP contribution >= 0.6 is 0 Å². The summed E-state index contributed by atoms with van der Waals surface area (Å²) in [6.07, 6.45) is 5.17. The molecule has 0 radical (unpaired) electrons. The molecular weight excluding hydrogens is 264 g/mol. The number of nitrogens with zero attached hydrogens (tertiary/aromatic N) is 1. The number of fused-ring (bicyclic) bond motifs is 1. The Hall–Kier alpha value is -0.620. The van der Waals surface area contributed by atoms with Crippen molar-refractivity contribution >= 4 is 15.7 Å². The SMILES string of the molecule is O=C(N[C@@H]1CCN2CCCC[C@@H]12)[C@H]1CCS(=O)(=O)C1. The molecule has 0 aromatic carbocycles. The summed E-state index contributed by atoms with van der Waals surface area (Å²) in [4.78, 5) is 14.6. The molecule has 3 heterocycles. The molecule has 0 aromatic heterocycles. The van der Waals surface area contributed by atoms with E-state index in [1.54, 1.807) is 0 Å². The molecule has 0 saturated carbocycles. The summed E-state index contributed by atoms with van der Waals surface area (Å²) >= 11 is 0. The van der Waals surface area contributed by atoms with Gasteiger partial charge in [0.15, 0.2) is 9.84 Å². The van der Waals surface area contributed by atoms with Crippen LogP contribution in [0.1, 0.15) is 32.1 Å². The highest BCUT2D eigenvalue weighted by Gasteiger charge is 2.39. The standard InChI is InChI=1S/C13H22N2O3S/c16-13(10-5-8-19(17,18)9-10)14-11-4-7-15-6-2-1-3-12(11)15/h10-12H,1-9H2,(H,14,16)/t10-,11+,12-/m0/s1. The average molecular weight is 286 g/mol. The van der Waals surface area contributed by atoms with Crippen molar-refractivity contribution in [3.8, 4) is 0 Å². The molecule has 0 bridgehead atoms. The molecule has 3 saturated heterocycles. The zero-order valence-electron chi connectivity index (χ0n) is 11.2. The predicted molar refractivity (Wildman–Crippen MR) is 72.5 cm³/mol. The smallest absolute Gasteiger partial charge is 0.224 e. The van der Waals surface area contributed by atoms with E-state index in [0.717, 1.165) is 25.9 Å². The Balaban J connectivity index is 1.58. The van der Waals surface area contributed by atoms with Crippen molar-refractivity contribution in [2.24, 2.45) is 5.92 Å². The molecule has 19 heavy (non-hydrogen) atoms. The molecule has 3 aliphatic heterocycles. The Morgan fingerprint density at radius 2 is 1.95 bits per heavy atom. The van der Waals surface area contributed by atoms with Crippen LogP contribution in [0.2, 0.25) is 0 Å². The zero-order valence-corrected chi connectivity index (χ0v) is 12.0. The summed E-state index contributed by atoms with van der Waals surface area (Å²) in [7, 11) is -2.97. The second kappa shape index (κ2) is 5.05. The van der Waals surface area contributed by atoms with Gasteiger partial charge >= 0.3 is 0 Å². The summed E-state index contributed by atoms with van der Waals surface area (Å²) in [5.41, 5.74) is 0. The maximum atomic E-state index is 12.2. The van der Waals surface area contributed by atoms with Gasteiger partial charge in [-0.05, 0) is 32.2 Å². The highest BCUT2D eigenvalue weighted by molar-refractivity contribution is 7.91. The highest BCUT2D eigenvalue weighted by atomic mass is 32.2. The molecule has 1 N–H and O–H groups in total. The van der Waals surface area contributed by atoms with Crippen LogP contribution in [0.4, 0.5) is 0 Å². The van der Waals surface area contributed by atoms with Crippen LogP contribution in [0.5, 0.6) is 0 Å². The predicted octanol–water partition coefficient (Wildman–Crippen LogP) is 0.164. The Kier molecular flexibility index (Phi) is 3.55. The van der Waals surface area contributed by atoms with E-state index in [2.05, 4.69) is 10.2 Å². The van der Waals surface area contributed by atoms with Gasteiger partial charge in [0, 0.05) is 18.6 Å². The van der Waals surface area contributed by atoms with Crippen LogP contribution in [-0.2, 0) is 14.6 Å². The number of hydrogen-bond donors (Lipinski definition) is 1. The fourth-order valence-corrected chi connectivity index (χ4v) is 5.46. The zero-order chi connectivity index (χ0) is 13.5. The van der Waals surface area contributed by atoms with Crippen molar-refractivity contribution in [1.82, 2.24) is 10.2 Å². The van der Waals surface area contributed by atoms with Crippen LogP contribution in [-0.4, -0.2) is 55.9 Å². The molecule has 5 nitrogen and oxygen atoms in total. The molecule has 0 aromatic rings. The third-order valence-corrected chi connectivity index (χ3v) is 6.55. The molecule has 3 aliphatic rings. The topological polar surface area (TPSA) is 66.5 Å². The van der Waals surface area contributed by atoms with Crippen LogP contribution in [0.15, 0.2) is 0 Å². The van der Waals surface area contributed by atoms with Crippen molar-refractivity contribution in [3.05, 3.63) is 0 Å². The van der Waals surface area contributed by atoms with Crippen LogP contribution in [0.3, 0.4) is 0 Å². The van der Waals surface area contributed by atoms with E-state index in [0.29, 0.717) is 12.5 Å². The van der Waals surface area contributed by atoms with Crippen LogP contribution in [0.25, 0.3) is 0 Å². The number of nitrogens with one attached hydrogen (secondary N) is 1. The minimum Gasteiger partial charge on any atom is -0.351 e. The van der Waals surface area contributed by atoms with E-state index in [1.165, 1.54) is 12.8 Å². The van der Waals surface area contributed by atoms with Gasteiger partial charge in [-0.25, -0.2) is 8.42 Å². The summed E-state index contributed by atoms with van der Waals surface area (Å²) in [6, 6.07) is 0.715. The molecule has 1 amide bonds. The number of carbonyl (C=O) groups is 1. The van der Waals surface area contributed by atoms with Gasteiger partial charge in [-0.3, -0.25) is 9.69 Å². The molecular formula is C13H22N2O3S. The van der Waals surface area contributed by atoms with Crippen molar-refractivity contribution in [2.45, 2.75) is 44.2 Å². The second-order valence-corrected chi connectivity index (χ2v) is 8.33. The fraction of sp³-hybridized carbons (Fsp3) is 0.923. The van der Waals surface area contributed by atoms with Gasteiger partial charge < -0.3 is 5.32 Å². The number of carbonyl (C=O) groups excluding carboxylic acids is 1. The number of amides is 1. The van der Waals surface area contributed by atoms with Gasteiger partial charge in [0.25, 0.3) is 0 Å². The maximum absolute atomic E-state index is 12.2. The number of hydrogen-bond acceptors (Lipinski definition) is 4. The van der Waals surface area contributed by atoms with Crippen molar-refractivity contribution < 1.29 is 13.2 Å². The number of piperidine rings is 1. The summed E-state index contributed by atoms with van der Waals surface area (Å²) in [6.45, 7) is 2.22. The Morgan fingerprint density at radius 1 is 1.11 bits per heavy atom. The molecule has 0 spiro atoms. The molecule has 0 unspecified atom stereocenters. The highest BCUT2D eigenvalue weighted by Crippen LogP contribution is 2.28. The second-order valence-electron chi connectivity index (χ2n) is 6.10. The third kappa shape index (κ3) is 2.79. The monoisotopic (exact) mass is 286 g/mol. The first-order valence-electron chi connectivity index (χ1n) is 7.30. The molecule has 108 valence electrons. The third-order valence-electron chi connectivity index (χ3n) is 4.79. The Bertz CT molecular complexity index is 463. The Labute approximate surface area is 114 Å². The minimum absolute atomic E-state index is 0.0416. The maximum Gasteiger partial charge on any atom is 0.224 e. The largest absolute Gasteiger partial charge is 0.351 e. The van der Waals surface area contributed by atoms with E-state index in [9.17, 15) is 13.2 Å². The quantitative estimate of drug-likeness (QED) is 0.785. The van der Waals surface area contributed by atoms with Gasteiger partial charge in [0.1, 0.15) is 0 Å². The van der Waals surface area contributed by atoms with E-state index in [4.69, 9.17) is 0 Å². The first-order valence-corrected chi connectivity index (χ1v) is 9.12. The number of rotatable bonds is 2. The molecule has 6 heteroatoms. The minimum atomic E-state index is -2.97.